The van der Waals surface area contributed by atoms with Crippen molar-refractivity contribution in [3.8, 4) is 0 Å². The summed E-state index contributed by atoms with van der Waals surface area (Å²) in [6.07, 6.45) is 0. The van der Waals surface area contributed by atoms with E-state index in [-0.39, 0.29) is 16.9 Å². The van der Waals surface area contributed by atoms with Crippen molar-refractivity contribution in [3.63, 3.8) is 0 Å². The van der Waals surface area contributed by atoms with Crippen molar-refractivity contribution in [2.75, 3.05) is 6.54 Å². The van der Waals surface area contributed by atoms with Crippen LogP contribution in [0.15, 0.2) is 6.07 Å². The molecule has 4 N–H and O–H groups in total. The number of aromatic nitrogens is 1. The van der Waals surface area contributed by atoms with Crippen LogP contribution < -0.4 is 11.5 Å². The Kier molecular flexibility index (Phi) is 3.44. The first-order valence-corrected chi connectivity index (χ1v) is 4.29. The third-order valence-corrected chi connectivity index (χ3v) is 2.14. The summed E-state index contributed by atoms with van der Waals surface area (Å²) in [7, 11) is 0. The van der Waals surface area contributed by atoms with Crippen molar-refractivity contribution in [2.45, 2.75) is 6.04 Å². The fourth-order valence-electron chi connectivity index (χ4n) is 0.847. The highest BCUT2D eigenvalue weighted by Crippen LogP contribution is 2.23. The van der Waals surface area contributed by atoms with E-state index >= 15 is 0 Å². The van der Waals surface area contributed by atoms with Crippen LogP contribution >= 0.6 is 23.2 Å². The molecular formula is C7H8Cl2FN3. The first-order valence-electron chi connectivity index (χ1n) is 3.53. The molecule has 0 aliphatic carbocycles. The average Bonchev–Trinajstić information content (AvgIpc) is 2.10. The Morgan fingerprint density at radius 2 is 2.08 bits per heavy atom. The topological polar surface area (TPSA) is 64.9 Å². The molecule has 0 fully saturated rings. The second kappa shape index (κ2) is 4.19. The number of rotatable bonds is 2. The molecule has 13 heavy (non-hydrogen) atoms. The zero-order valence-corrected chi connectivity index (χ0v) is 8.11. The number of halogens is 3. The van der Waals surface area contributed by atoms with Crippen LogP contribution in [0.25, 0.3) is 0 Å². The Hall–Kier alpha value is -0.420. The lowest BCUT2D eigenvalue weighted by Gasteiger charge is -2.10. The van der Waals surface area contributed by atoms with Crippen LogP contribution in [0.1, 0.15) is 11.6 Å². The lowest BCUT2D eigenvalue weighted by Crippen LogP contribution is -2.21. The summed E-state index contributed by atoms with van der Waals surface area (Å²) in [5, 5.41) is -0.178. The molecule has 1 aromatic rings. The maximum atomic E-state index is 12.9. The largest absolute Gasteiger partial charge is 0.329 e. The molecule has 0 bridgehead atoms. The number of nitrogens with zero attached hydrogens (tertiary/aromatic N) is 1. The van der Waals surface area contributed by atoms with E-state index in [1.54, 1.807) is 0 Å². The van der Waals surface area contributed by atoms with E-state index in [1.807, 2.05) is 0 Å². The molecule has 0 amide bonds. The van der Waals surface area contributed by atoms with Crippen LogP contribution in [-0.2, 0) is 0 Å². The molecule has 1 atom stereocenters. The predicted octanol–water partition coefficient (Wildman–Crippen LogP) is 1.49. The summed E-state index contributed by atoms with van der Waals surface area (Å²) in [4.78, 5) is 3.56. The van der Waals surface area contributed by atoms with Gasteiger partial charge in [-0.05, 0) is 6.07 Å². The van der Waals surface area contributed by atoms with Gasteiger partial charge in [-0.2, -0.15) is 0 Å². The molecule has 0 aromatic carbocycles. The lowest BCUT2D eigenvalue weighted by atomic mass is 10.1. The third-order valence-electron chi connectivity index (χ3n) is 1.57. The fourth-order valence-corrected chi connectivity index (χ4v) is 1.31. The zero-order chi connectivity index (χ0) is 10.0. The molecular weight excluding hydrogens is 216 g/mol. The maximum absolute atomic E-state index is 12.9. The molecule has 1 rings (SSSR count). The highest BCUT2D eigenvalue weighted by Gasteiger charge is 2.13. The van der Waals surface area contributed by atoms with E-state index in [0.29, 0.717) is 5.56 Å². The Morgan fingerprint density at radius 3 is 2.62 bits per heavy atom. The number of pyridine rings is 1. The average molecular weight is 224 g/mol. The predicted molar refractivity (Wildman–Crippen MR) is 50.2 cm³/mol. The normalized spacial score (nSPS) is 13.0. The Morgan fingerprint density at radius 1 is 1.46 bits per heavy atom. The van der Waals surface area contributed by atoms with Gasteiger partial charge in [0.2, 0.25) is 0 Å². The minimum atomic E-state index is -0.648. The van der Waals surface area contributed by atoms with Crippen LogP contribution in [0.5, 0.6) is 0 Å². The minimum Gasteiger partial charge on any atom is -0.329 e. The Bertz CT molecular complexity index is 319. The number of nitrogens with two attached hydrogens (primary N) is 2. The van der Waals surface area contributed by atoms with E-state index in [1.165, 1.54) is 0 Å². The monoisotopic (exact) mass is 223 g/mol. The first kappa shape index (κ1) is 10.7. The SMILES string of the molecule is NCC(N)c1cc(F)c(Cl)nc1Cl. The summed E-state index contributed by atoms with van der Waals surface area (Å²) in [6, 6.07) is 0.626. The van der Waals surface area contributed by atoms with Crippen molar-refractivity contribution >= 4 is 23.2 Å². The van der Waals surface area contributed by atoms with Crippen molar-refractivity contribution in [3.05, 3.63) is 27.8 Å². The molecule has 0 spiro atoms. The van der Waals surface area contributed by atoms with E-state index in [9.17, 15) is 4.39 Å². The molecule has 1 heterocycles. The van der Waals surface area contributed by atoms with Gasteiger partial charge in [0.1, 0.15) is 5.15 Å². The third kappa shape index (κ3) is 2.28. The van der Waals surface area contributed by atoms with Gasteiger partial charge in [-0.25, -0.2) is 9.37 Å². The Labute approximate surface area is 84.8 Å². The van der Waals surface area contributed by atoms with Gasteiger partial charge >= 0.3 is 0 Å². The van der Waals surface area contributed by atoms with E-state index in [2.05, 4.69) is 4.98 Å². The molecule has 6 heteroatoms. The molecule has 0 radical (unpaired) electrons. The Balaban J connectivity index is 3.15. The molecule has 0 saturated carbocycles. The van der Waals surface area contributed by atoms with Gasteiger partial charge in [0.05, 0.1) is 0 Å². The summed E-state index contributed by atoms with van der Waals surface area (Å²) in [6.45, 7) is 0.169. The summed E-state index contributed by atoms with van der Waals surface area (Å²) < 4.78 is 12.9. The van der Waals surface area contributed by atoms with Gasteiger partial charge in [0.15, 0.2) is 11.0 Å². The van der Waals surface area contributed by atoms with Crippen LogP contribution in [0.4, 0.5) is 4.39 Å². The molecule has 0 aliphatic heterocycles. The highest BCUT2D eigenvalue weighted by molar-refractivity contribution is 6.33. The molecule has 72 valence electrons. The number of hydrogen-bond donors (Lipinski definition) is 2. The van der Waals surface area contributed by atoms with Gasteiger partial charge in [-0.1, -0.05) is 23.2 Å². The maximum Gasteiger partial charge on any atom is 0.166 e. The van der Waals surface area contributed by atoms with Crippen LogP contribution in [-0.4, -0.2) is 11.5 Å². The van der Waals surface area contributed by atoms with E-state index in [0.717, 1.165) is 6.07 Å². The summed E-state index contributed by atoms with van der Waals surface area (Å²) in [5.74, 6) is -0.648. The van der Waals surface area contributed by atoms with Crippen molar-refractivity contribution < 1.29 is 4.39 Å². The summed E-state index contributed by atoms with van der Waals surface area (Å²) in [5.41, 5.74) is 11.2. The second-order valence-corrected chi connectivity index (χ2v) is 3.20. The van der Waals surface area contributed by atoms with Crippen molar-refractivity contribution in [1.29, 1.82) is 0 Å². The van der Waals surface area contributed by atoms with Crippen molar-refractivity contribution in [1.82, 2.24) is 4.98 Å². The second-order valence-electron chi connectivity index (χ2n) is 2.48. The molecule has 1 aromatic heterocycles. The molecule has 3 nitrogen and oxygen atoms in total. The summed E-state index contributed by atoms with van der Waals surface area (Å²) >= 11 is 11.1. The van der Waals surface area contributed by atoms with E-state index < -0.39 is 11.9 Å². The van der Waals surface area contributed by atoms with Gasteiger partial charge in [0, 0.05) is 18.2 Å². The molecule has 0 aliphatic rings. The quantitative estimate of drug-likeness (QED) is 0.748. The van der Waals surface area contributed by atoms with E-state index in [4.69, 9.17) is 34.7 Å². The van der Waals surface area contributed by atoms with Crippen LogP contribution in [0.3, 0.4) is 0 Å². The minimum absolute atomic E-state index is 0.0874. The van der Waals surface area contributed by atoms with Gasteiger partial charge in [0.25, 0.3) is 0 Å². The van der Waals surface area contributed by atoms with Crippen molar-refractivity contribution in [2.24, 2.45) is 11.5 Å². The number of hydrogen-bond acceptors (Lipinski definition) is 3. The lowest BCUT2D eigenvalue weighted by molar-refractivity contribution is 0.612. The highest BCUT2D eigenvalue weighted by atomic mass is 35.5. The van der Waals surface area contributed by atoms with Gasteiger partial charge in [-0.3, -0.25) is 0 Å². The van der Waals surface area contributed by atoms with Crippen LogP contribution in [0, 0.1) is 5.82 Å². The van der Waals surface area contributed by atoms with Gasteiger partial charge < -0.3 is 11.5 Å². The standard InChI is InChI=1S/C7H8Cl2FN3/c8-6-3(5(12)2-11)1-4(10)7(9)13-6/h1,5H,2,11-12H2. The molecule has 0 saturated heterocycles. The van der Waals surface area contributed by atoms with Gasteiger partial charge in [-0.15, -0.1) is 0 Å². The molecule has 1 unspecified atom stereocenters. The zero-order valence-electron chi connectivity index (χ0n) is 6.60. The first-order chi connectivity index (χ1) is 6.06. The van der Waals surface area contributed by atoms with Crippen LogP contribution in [0.2, 0.25) is 10.3 Å². The fraction of sp³-hybridized carbons (Fsp3) is 0.286. The smallest absolute Gasteiger partial charge is 0.166 e.